The first-order chi connectivity index (χ1) is 8.86. The lowest BCUT2D eigenvalue weighted by Crippen LogP contribution is -2.17. The molecular formula is C13H17NO4. The maximum Gasteiger partial charge on any atom is 0.231 e. The number of rotatable bonds is 4. The van der Waals surface area contributed by atoms with Crippen LogP contribution < -0.4 is 19.9 Å². The molecule has 2 aliphatic rings. The molecule has 5 heteroatoms. The lowest BCUT2D eigenvalue weighted by Gasteiger charge is -2.14. The molecule has 0 bridgehead atoms. The molecule has 2 aliphatic heterocycles. The highest BCUT2D eigenvalue weighted by atomic mass is 16.7. The first kappa shape index (κ1) is 11.6. The van der Waals surface area contributed by atoms with Crippen LogP contribution in [0.1, 0.15) is 18.4 Å². The Morgan fingerprint density at radius 2 is 2.11 bits per heavy atom. The van der Waals surface area contributed by atoms with E-state index in [0.29, 0.717) is 13.2 Å². The van der Waals surface area contributed by atoms with Crippen molar-refractivity contribution < 1.29 is 18.9 Å². The number of benzene rings is 1. The van der Waals surface area contributed by atoms with Gasteiger partial charge in [0.15, 0.2) is 11.5 Å². The Morgan fingerprint density at radius 1 is 1.28 bits per heavy atom. The van der Waals surface area contributed by atoms with Gasteiger partial charge in [-0.05, 0) is 18.9 Å². The first-order valence-corrected chi connectivity index (χ1v) is 6.24. The van der Waals surface area contributed by atoms with Gasteiger partial charge in [0.2, 0.25) is 6.79 Å². The van der Waals surface area contributed by atoms with Gasteiger partial charge in [-0.1, -0.05) is 0 Å². The van der Waals surface area contributed by atoms with Crippen molar-refractivity contribution in [2.75, 3.05) is 20.0 Å². The average Bonchev–Trinajstić information content (AvgIpc) is 3.05. The van der Waals surface area contributed by atoms with Crippen molar-refractivity contribution in [2.24, 2.45) is 5.73 Å². The predicted octanol–water partition coefficient (Wildman–Crippen LogP) is 1.43. The summed E-state index contributed by atoms with van der Waals surface area (Å²) in [7, 11) is 0. The van der Waals surface area contributed by atoms with Crippen LogP contribution in [-0.2, 0) is 11.3 Å². The molecule has 98 valence electrons. The van der Waals surface area contributed by atoms with Crippen molar-refractivity contribution in [1.82, 2.24) is 0 Å². The molecule has 1 unspecified atom stereocenters. The Hall–Kier alpha value is -1.46. The van der Waals surface area contributed by atoms with Crippen molar-refractivity contribution >= 4 is 0 Å². The van der Waals surface area contributed by atoms with E-state index in [9.17, 15) is 0 Å². The van der Waals surface area contributed by atoms with Crippen molar-refractivity contribution in [3.05, 3.63) is 17.7 Å². The summed E-state index contributed by atoms with van der Waals surface area (Å²) in [6.45, 7) is 2.07. The second kappa shape index (κ2) is 5.04. The van der Waals surface area contributed by atoms with Gasteiger partial charge in [-0.15, -0.1) is 0 Å². The summed E-state index contributed by atoms with van der Waals surface area (Å²) in [5.74, 6) is 2.21. The number of nitrogens with two attached hydrogens (primary N) is 1. The van der Waals surface area contributed by atoms with Gasteiger partial charge in [0.1, 0.15) is 12.4 Å². The summed E-state index contributed by atoms with van der Waals surface area (Å²) in [5, 5.41) is 0. The molecule has 0 aromatic heterocycles. The van der Waals surface area contributed by atoms with Gasteiger partial charge in [-0.2, -0.15) is 0 Å². The van der Waals surface area contributed by atoms with E-state index >= 15 is 0 Å². The van der Waals surface area contributed by atoms with Crippen molar-refractivity contribution in [1.29, 1.82) is 0 Å². The molecule has 0 spiro atoms. The molecule has 0 aliphatic carbocycles. The van der Waals surface area contributed by atoms with Crippen molar-refractivity contribution in [3.63, 3.8) is 0 Å². The molecule has 2 N–H and O–H groups in total. The van der Waals surface area contributed by atoms with Crippen LogP contribution in [-0.4, -0.2) is 26.1 Å². The fraction of sp³-hybridized carbons (Fsp3) is 0.538. The molecule has 5 nitrogen and oxygen atoms in total. The number of hydrogen-bond acceptors (Lipinski definition) is 5. The van der Waals surface area contributed by atoms with E-state index in [2.05, 4.69) is 0 Å². The summed E-state index contributed by atoms with van der Waals surface area (Å²) >= 11 is 0. The summed E-state index contributed by atoms with van der Waals surface area (Å²) < 4.78 is 22.0. The fourth-order valence-corrected chi connectivity index (χ4v) is 2.22. The molecule has 0 radical (unpaired) electrons. The molecular weight excluding hydrogens is 234 g/mol. The molecule has 0 saturated carbocycles. The van der Waals surface area contributed by atoms with Crippen LogP contribution in [0.4, 0.5) is 0 Å². The van der Waals surface area contributed by atoms with Crippen LogP contribution >= 0.6 is 0 Å². The van der Waals surface area contributed by atoms with Gasteiger partial charge in [0.05, 0.1) is 6.10 Å². The monoisotopic (exact) mass is 251 g/mol. The smallest absolute Gasteiger partial charge is 0.231 e. The summed E-state index contributed by atoms with van der Waals surface area (Å²) in [5.41, 5.74) is 6.65. The molecule has 3 rings (SSSR count). The van der Waals surface area contributed by atoms with E-state index in [1.807, 2.05) is 12.1 Å². The quantitative estimate of drug-likeness (QED) is 0.877. The van der Waals surface area contributed by atoms with E-state index in [4.69, 9.17) is 24.7 Å². The van der Waals surface area contributed by atoms with Crippen LogP contribution in [0.3, 0.4) is 0 Å². The maximum absolute atomic E-state index is 5.80. The molecule has 2 heterocycles. The van der Waals surface area contributed by atoms with E-state index in [1.165, 1.54) is 0 Å². The average molecular weight is 251 g/mol. The van der Waals surface area contributed by atoms with E-state index in [-0.39, 0.29) is 12.9 Å². The topological polar surface area (TPSA) is 62.9 Å². The van der Waals surface area contributed by atoms with Gasteiger partial charge in [-0.3, -0.25) is 0 Å². The Morgan fingerprint density at radius 3 is 2.83 bits per heavy atom. The number of ether oxygens (including phenoxy) is 4. The molecule has 1 atom stereocenters. The normalized spacial score (nSPS) is 21.3. The fourth-order valence-electron chi connectivity index (χ4n) is 2.22. The maximum atomic E-state index is 5.80. The second-order valence-corrected chi connectivity index (χ2v) is 4.46. The zero-order chi connectivity index (χ0) is 12.4. The number of hydrogen-bond donors (Lipinski definition) is 1. The third-order valence-electron chi connectivity index (χ3n) is 3.22. The zero-order valence-electron chi connectivity index (χ0n) is 10.2. The lowest BCUT2D eigenvalue weighted by atomic mass is 10.1. The predicted molar refractivity (Wildman–Crippen MR) is 64.9 cm³/mol. The largest absolute Gasteiger partial charge is 0.490 e. The van der Waals surface area contributed by atoms with Crippen molar-refractivity contribution in [2.45, 2.75) is 25.5 Å². The van der Waals surface area contributed by atoms with Gasteiger partial charge in [-0.25, -0.2) is 0 Å². The van der Waals surface area contributed by atoms with Crippen LogP contribution in [0.25, 0.3) is 0 Å². The SMILES string of the molecule is NCc1cc2c(cc1OCC1CCCO1)OCO2. The van der Waals surface area contributed by atoms with E-state index in [1.54, 1.807) is 0 Å². The minimum atomic E-state index is 0.195. The third kappa shape index (κ3) is 2.23. The van der Waals surface area contributed by atoms with Gasteiger partial charge < -0.3 is 24.7 Å². The summed E-state index contributed by atoms with van der Waals surface area (Å²) in [6.07, 6.45) is 2.36. The molecule has 0 amide bonds. The van der Waals surface area contributed by atoms with Crippen LogP contribution in [0, 0.1) is 0 Å². The Kier molecular flexibility index (Phi) is 3.25. The summed E-state index contributed by atoms with van der Waals surface area (Å²) in [4.78, 5) is 0. The highest BCUT2D eigenvalue weighted by Gasteiger charge is 2.20. The zero-order valence-corrected chi connectivity index (χ0v) is 10.2. The highest BCUT2D eigenvalue weighted by Crippen LogP contribution is 2.38. The third-order valence-corrected chi connectivity index (χ3v) is 3.22. The standard InChI is InChI=1S/C13H17NO4/c14-6-9-4-12-13(18-8-17-12)5-11(9)16-7-10-2-1-3-15-10/h4-5,10H,1-3,6-8,14H2. The van der Waals surface area contributed by atoms with E-state index < -0.39 is 0 Å². The summed E-state index contributed by atoms with van der Waals surface area (Å²) in [6, 6.07) is 3.73. The van der Waals surface area contributed by atoms with Crippen LogP contribution in [0.5, 0.6) is 17.2 Å². The van der Waals surface area contributed by atoms with Crippen LogP contribution in [0.15, 0.2) is 12.1 Å². The Labute approximate surface area is 106 Å². The van der Waals surface area contributed by atoms with Gasteiger partial charge in [0.25, 0.3) is 0 Å². The van der Waals surface area contributed by atoms with Gasteiger partial charge >= 0.3 is 0 Å². The first-order valence-electron chi connectivity index (χ1n) is 6.24. The second-order valence-electron chi connectivity index (χ2n) is 4.46. The van der Waals surface area contributed by atoms with E-state index in [0.717, 1.165) is 42.3 Å². The van der Waals surface area contributed by atoms with Gasteiger partial charge in [0, 0.05) is 24.8 Å². The molecule has 1 aromatic rings. The number of fused-ring (bicyclic) bond motifs is 1. The lowest BCUT2D eigenvalue weighted by molar-refractivity contribution is 0.0675. The Balaban J connectivity index is 1.73. The minimum Gasteiger partial charge on any atom is -0.490 e. The van der Waals surface area contributed by atoms with Crippen molar-refractivity contribution in [3.8, 4) is 17.2 Å². The van der Waals surface area contributed by atoms with Crippen LogP contribution in [0.2, 0.25) is 0 Å². The highest BCUT2D eigenvalue weighted by molar-refractivity contribution is 5.51. The molecule has 1 saturated heterocycles. The molecule has 1 fully saturated rings. The Bertz CT molecular complexity index is 429. The molecule has 1 aromatic carbocycles. The minimum absolute atomic E-state index is 0.195. The molecule has 18 heavy (non-hydrogen) atoms.